The van der Waals surface area contributed by atoms with Crippen molar-refractivity contribution in [2.45, 2.75) is 122 Å². The van der Waals surface area contributed by atoms with Crippen LogP contribution in [-0.2, 0) is 19.0 Å². The number of carbonyl (C=O) groups is 1. The molecule has 2 rings (SSSR count). The van der Waals surface area contributed by atoms with Crippen LogP contribution in [0, 0.1) is 0 Å². The Morgan fingerprint density at radius 3 is 2.06 bits per heavy atom. The first-order valence-electron chi connectivity index (χ1n) is 8.82. The Labute approximate surface area is 192 Å². The van der Waals surface area contributed by atoms with Crippen LogP contribution in [0.5, 0.6) is 5.75 Å². The molecule has 0 radical (unpaired) electrons. The lowest BCUT2D eigenvalue weighted by molar-refractivity contribution is -0.252. The summed E-state index contributed by atoms with van der Waals surface area (Å²) >= 11 is 0. The van der Waals surface area contributed by atoms with Crippen molar-refractivity contribution in [2.75, 3.05) is 0 Å². The second kappa shape index (κ2) is 19.1. The quantitative estimate of drug-likeness (QED) is 0.442. The Hall–Kier alpha value is -1.63. The van der Waals surface area contributed by atoms with E-state index in [1.165, 1.54) is 6.92 Å². The molecule has 5 unspecified atom stereocenters. The van der Waals surface area contributed by atoms with Gasteiger partial charge in [0.1, 0.15) is 11.9 Å². The molecule has 2 N–H and O–H groups in total. The number of ether oxygens (including phenoxy) is 3. The van der Waals surface area contributed by atoms with E-state index in [2.05, 4.69) is 6.92 Å². The smallest absolute Gasteiger partial charge is 0.302 e. The zero-order valence-electron chi connectivity index (χ0n) is 15.1. The van der Waals surface area contributed by atoms with Gasteiger partial charge in [0, 0.05) is 25.3 Å². The molecule has 0 aromatic heterocycles. The number of phenols is 1. The number of phenolic OH excluding ortho intramolecular Hbond substituents is 1. The molecule has 1 aliphatic rings. The van der Waals surface area contributed by atoms with Crippen LogP contribution in [0.15, 0.2) is 24.3 Å². The SMILES string of the molecule is C.C.C.C.C.C.CCC1CC(CC(O)CC(C)OC(C)=O)OC(c2ccc(O)cc2)O1. The van der Waals surface area contributed by atoms with Crippen LogP contribution in [0.25, 0.3) is 0 Å². The van der Waals surface area contributed by atoms with Crippen LogP contribution < -0.4 is 0 Å². The molecule has 0 saturated carbocycles. The molecule has 1 aliphatic heterocycles. The largest absolute Gasteiger partial charge is 0.508 e. The predicted octanol–water partition coefficient (Wildman–Crippen LogP) is 6.88. The van der Waals surface area contributed by atoms with E-state index in [1.54, 1.807) is 31.2 Å². The predicted molar refractivity (Wildman–Crippen MR) is 132 cm³/mol. The first kappa shape index (κ1) is 39.8. The zero-order chi connectivity index (χ0) is 18.4. The Kier molecular flexibility index (Phi) is 24.5. The lowest BCUT2D eigenvalue weighted by Gasteiger charge is -2.36. The van der Waals surface area contributed by atoms with Crippen LogP contribution in [0.4, 0.5) is 0 Å². The third kappa shape index (κ3) is 13.4. The van der Waals surface area contributed by atoms with E-state index >= 15 is 0 Å². The Balaban J connectivity index is -0.000000376. The number of carbonyl (C=O) groups excluding carboxylic acids is 1. The number of esters is 1. The standard InChI is InChI=1S/C19H28O6.6CH4/c1-4-17-11-18(10-16(22)9-12(2)23-13(3)20)25-19(24-17)14-5-7-15(21)8-6-14;;;;;;/h5-8,12,16-19,21-22H,4,9-11H2,1-3H3;6*1H4. The highest BCUT2D eigenvalue weighted by Gasteiger charge is 2.31. The normalized spacial score (nSPS) is 21.0. The maximum atomic E-state index is 11.0. The minimum absolute atomic E-state index is 0. The average Bonchev–Trinajstić information content (AvgIpc) is 2.54. The molecular formula is C25H52O6. The molecule has 1 saturated heterocycles. The fourth-order valence-corrected chi connectivity index (χ4v) is 3.10. The minimum Gasteiger partial charge on any atom is -0.508 e. The van der Waals surface area contributed by atoms with Crippen molar-refractivity contribution in [2.24, 2.45) is 0 Å². The van der Waals surface area contributed by atoms with E-state index < -0.39 is 12.4 Å². The van der Waals surface area contributed by atoms with Crippen molar-refractivity contribution in [3.05, 3.63) is 29.8 Å². The van der Waals surface area contributed by atoms with Gasteiger partial charge in [-0.2, -0.15) is 0 Å². The van der Waals surface area contributed by atoms with E-state index in [-0.39, 0.29) is 74.6 Å². The molecule has 1 aromatic rings. The van der Waals surface area contributed by atoms with E-state index in [0.717, 1.165) is 12.0 Å². The van der Waals surface area contributed by atoms with Gasteiger partial charge >= 0.3 is 5.97 Å². The molecule has 0 aliphatic carbocycles. The summed E-state index contributed by atoms with van der Waals surface area (Å²) in [6.07, 6.45) is 0.854. The van der Waals surface area contributed by atoms with Gasteiger partial charge in [0.25, 0.3) is 0 Å². The summed E-state index contributed by atoms with van der Waals surface area (Å²) in [5.74, 6) is -0.154. The van der Waals surface area contributed by atoms with Crippen molar-refractivity contribution in [3.8, 4) is 5.75 Å². The summed E-state index contributed by atoms with van der Waals surface area (Å²) in [5.41, 5.74) is 0.837. The maximum Gasteiger partial charge on any atom is 0.302 e. The summed E-state index contributed by atoms with van der Waals surface area (Å²) in [4.78, 5) is 11.0. The number of aliphatic hydroxyl groups is 1. The highest BCUT2D eigenvalue weighted by atomic mass is 16.7. The monoisotopic (exact) mass is 448 g/mol. The summed E-state index contributed by atoms with van der Waals surface area (Å²) < 4.78 is 17.0. The lowest BCUT2D eigenvalue weighted by atomic mass is 9.99. The summed E-state index contributed by atoms with van der Waals surface area (Å²) in [6, 6.07) is 6.74. The Morgan fingerprint density at radius 2 is 1.58 bits per heavy atom. The topological polar surface area (TPSA) is 85.2 Å². The molecule has 1 fully saturated rings. The number of hydrogen-bond donors (Lipinski definition) is 2. The van der Waals surface area contributed by atoms with E-state index in [0.29, 0.717) is 19.3 Å². The van der Waals surface area contributed by atoms with Gasteiger partial charge in [-0.05, 0) is 31.9 Å². The summed E-state index contributed by atoms with van der Waals surface area (Å²) in [7, 11) is 0. The van der Waals surface area contributed by atoms with E-state index in [4.69, 9.17) is 14.2 Å². The maximum absolute atomic E-state index is 11.0. The van der Waals surface area contributed by atoms with Crippen LogP contribution in [0.3, 0.4) is 0 Å². The fraction of sp³-hybridized carbons (Fsp3) is 0.720. The van der Waals surface area contributed by atoms with Gasteiger partial charge in [-0.3, -0.25) is 4.79 Å². The first-order valence-corrected chi connectivity index (χ1v) is 8.82. The molecular weight excluding hydrogens is 396 g/mol. The third-order valence-electron chi connectivity index (χ3n) is 4.28. The number of aliphatic hydroxyl groups excluding tert-OH is 1. The number of rotatable bonds is 7. The van der Waals surface area contributed by atoms with Gasteiger partial charge in [0.15, 0.2) is 6.29 Å². The Morgan fingerprint density at radius 1 is 1.06 bits per heavy atom. The van der Waals surface area contributed by atoms with Gasteiger partial charge in [-0.15, -0.1) is 0 Å². The van der Waals surface area contributed by atoms with Crippen LogP contribution in [-0.4, -0.2) is 40.6 Å². The fourth-order valence-electron chi connectivity index (χ4n) is 3.10. The highest BCUT2D eigenvalue weighted by molar-refractivity contribution is 5.66. The molecule has 0 amide bonds. The summed E-state index contributed by atoms with van der Waals surface area (Å²) in [6.45, 7) is 5.18. The van der Waals surface area contributed by atoms with Gasteiger partial charge < -0.3 is 24.4 Å². The molecule has 188 valence electrons. The Bertz CT molecular complexity index is 545. The molecule has 31 heavy (non-hydrogen) atoms. The van der Waals surface area contributed by atoms with Crippen LogP contribution >= 0.6 is 0 Å². The molecule has 6 heteroatoms. The van der Waals surface area contributed by atoms with Gasteiger partial charge in [-0.25, -0.2) is 0 Å². The van der Waals surface area contributed by atoms with Gasteiger partial charge in [-0.1, -0.05) is 63.6 Å². The second-order valence-corrected chi connectivity index (χ2v) is 6.63. The number of benzene rings is 1. The molecule has 0 bridgehead atoms. The molecule has 6 nitrogen and oxygen atoms in total. The summed E-state index contributed by atoms with van der Waals surface area (Å²) in [5, 5.41) is 19.7. The third-order valence-corrected chi connectivity index (χ3v) is 4.28. The van der Waals surface area contributed by atoms with Crippen molar-refractivity contribution < 1.29 is 29.2 Å². The van der Waals surface area contributed by atoms with E-state index in [1.807, 2.05) is 0 Å². The van der Waals surface area contributed by atoms with Crippen LogP contribution in [0.1, 0.15) is 103 Å². The molecule has 1 aromatic carbocycles. The van der Waals surface area contributed by atoms with Gasteiger partial charge in [0.2, 0.25) is 0 Å². The minimum atomic E-state index is -0.615. The average molecular weight is 449 g/mol. The first-order chi connectivity index (χ1) is 11.9. The highest BCUT2D eigenvalue weighted by Crippen LogP contribution is 2.33. The lowest BCUT2D eigenvalue weighted by Crippen LogP contribution is -2.36. The van der Waals surface area contributed by atoms with Crippen LogP contribution in [0.2, 0.25) is 0 Å². The van der Waals surface area contributed by atoms with Crippen molar-refractivity contribution in [1.29, 1.82) is 0 Å². The molecule has 1 heterocycles. The van der Waals surface area contributed by atoms with E-state index in [9.17, 15) is 15.0 Å². The number of aromatic hydroxyl groups is 1. The van der Waals surface area contributed by atoms with Crippen molar-refractivity contribution in [1.82, 2.24) is 0 Å². The molecule has 0 spiro atoms. The van der Waals surface area contributed by atoms with Crippen molar-refractivity contribution >= 4 is 5.97 Å². The van der Waals surface area contributed by atoms with Gasteiger partial charge in [0.05, 0.1) is 18.3 Å². The second-order valence-electron chi connectivity index (χ2n) is 6.63. The number of hydrogen-bond acceptors (Lipinski definition) is 6. The van der Waals surface area contributed by atoms with Crippen molar-refractivity contribution in [3.63, 3.8) is 0 Å². The molecule has 5 atom stereocenters. The zero-order valence-corrected chi connectivity index (χ0v) is 15.1.